The van der Waals surface area contributed by atoms with Crippen molar-refractivity contribution in [1.82, 2.24) is 4.90 Å². The van der Waals surface area contributed by atoms with Gasteiger partial charge in [0.1, 0.15) is 5.78 Å². The third-order valence-electron chi connectivity index (χ3n) is 4.14. The Morgan fingerprint density at radius 2 is 1.78 bits per heavy atom. The Labute approximate surface area is 113 Å². The summed E-state index contributed by atoms with van der Waals surface area (Å²) in [6.45, 7) is 11.4. The van der Waals surface area contributed by atoms with Gasteiger partial charge in [-0.15, -0.1) is 0 Å². The Kier molecular flexibility index (Phi) is 6.34. The fourth-order valence-corrected chi connectivity index (χ4v) is 2.80. The maximum Gasteiger partial charge on any atom is 0.133 e. The number of hydrogen-bond acceptors (Lipinski definition) is 2. The molecule has 0 N–H and O–H groups in total. The lowest BCUT2D eigenvalue weighted by Gasteiger charge is -2.40. The van der Waals surface area contributed by atoms with E-state index in [1.54, 1.807) is 0 Å². The average Bonchev–Trinajstić information content (AvgIpc) is 2.29. The number of piperidine rings is 1. The zero-order valence-corrected chi connectivity index (χ0v) is 12.8. The maximum atomic E-state index is 11.9. The molecule has 0 saturated carbocycles. The van der Waals surface area contributed by atoms with E-state index in [1.165, 1.54) is 25.7 Å². The van der Waals surface area contributed by atoms with Crippen molar-refractivity contribution in [3.8, 4) is 0 Å². The number of likely N-dealkylation sites (tertiary alicyclic amines) is 1. The lowest BCUT2D eigenvalue weighted by molar-refractivity contribution is -0.120. The van der Waals surface area contributed by atoms with E-state index < -0.39 is 0 Å². The molecule has 0 aromatic carbocycles. The molecule has 0 atom stereocenters. The Bertz CT molecular complexity index is 246. The molecular formula is C16H31NO. The summed E-state index contributed by atoms with van der Waals surface area (Å²) in [4.78, 5) is 14.4. The number of rotatable bonds is 6. The molecule has 0 aliphatic carbocycles. The number of nitrogens with zero attached hydrogens (tertiary/aromatic N) is 1. The summed E-state index contributed by atoms with van der Waals surface area (Å²) in [5, 5.41) is 0. The number of hydrogen-bond donors (Lipinski definition) is 0. The molecule has 0 spiro atoms. The highest BCUT2D eigenvalue weighted by Crippen LogP contribution is 2.26. The second kappa shape index (κ2) is 7.28. The van der Waals surface area contributed by atoms with E-state index >= 15 is 0 Å². The first-order chi connectivity index (χ1) is 8.43. The molecule has 2 heteroatoms. The molecule has 0 amide bonds. The Balaban J connectivity index is 2.21. The largest absolute Gasteiger partial charge is 0.300 e. The van der Waals surface area contributed by atoms with Gasteiger partial charge in [0, 0.05) is 18.4 Å². The smallest absolute Gasteiger partial charge is 0.133 e. The SMILES string of the molecule is CCCCCC(=O)CC1CCN(C(C)(C)C)CC1. The van der Waals surface area contributed by atoms with Crippen LogP contribution in [0.1, 0.15) is 72.6 Å². The summed E-state index contributed by atoms with van der Waals surface area (Å²) in [5.74, 6) is 1.15. The van der Waals surface area contributed by atoms with Crippen LogP contribution in [0.3, 0.4) is 0 Å². The van der Waals surface area contributed by atoms with Gasteiger partial charge in [-0.05, 0) is 59.0 Å². The van der Waals surface area contributed by atoms with Gasteiger partial charge in [0.15, 0.2) is 0 Å². The van der Waals surface area contributed by atoms with Gasteiger partial charge in [-0.2, -0.15) is 0 Å². The summed E-state index contributed by atoms with van der Waals surface area (Å²) in [5.41, 5.74) is 0.288. The molecule has 1 heterocycles. The third-order valence-corrected chi connectivity index (χ3v) is 4.14. The zero-order valence-electron chi connectivity index (χ0n) is 12.8. The Morgan fingerprint density at radius 1 is 1.17 bits per heavy atom. The number of carbonyl (C=O) groups is 1. The van der Waals surface area contributed by atoms with Crippen LogP contribution in [0.2, 0.25) is 0 Å². The van der Waals surface area contributed by atoms with Crippen LogP contribution in [0.15, 0.2) is 0 Å². The summed E-state index contributed by atoms with van der Waals surface area (Å²) in [6.07, 6.45) is 7.56. The minimum Gasteiger partial charge on any atom is -0.300 e. The maximum absolute atomic E-state index is 11.9. The van der Waals surface area contributed by atoms with E-state index in [0.717, 1.165) is 32.4 Å². The molecule has 0 bridgehead atoms. The fourth-order valence-electron chi connectivity index (χ4n) is 2.80. The third kappa shape index (κ3) is 5.51. The Hall–Kier alpha value is -0.370. The van der Waals surface area contributed by atoms with Crippen molar-refractivity contribution in [2.45, 2.75) is 78.2 Å². The summed E-state index contributed by atoms with van der Waals surface area (Å²) < 4.78 is 0. The minimum atomic E-state index is 0.288. The number of unbranched alkanes of at least 4 members (excludes halogenated alkanes) is 2. The molecule has 106 valence electrons. The highest BCUT2D eigenvalue weighted by atomic mass is 16.1. The molecule has 0 aromatic rings. The lowest BCUT2D eigenvalue weighted by atomic mass is 9.88. The van der Waals surface area contributed by atoms with E-state index in [1.807, 2.05) is 0 Å². The van der Waals surface area contributed by atoms with Crippen LogP contribution >= 0.6 is 0 Å². The highest BCUT2D eigenvalue weighted by Gasteiger charge is 2.27. The normalized spacial score (nSPS) is 19.1. The number of carbonyl (C=O) groups excluding carboxylic acids is 1. The van der Waals surface area contributed by atoms with Gasteiger partial charge in [-0.1, -0.05) is 19.8 Å². The quantitative estimate of drug-likeness (QED) is 0.666. The first kappa shape index (κ1) is 15.7. The van der Waals surface area contributed by atoms with Crippen molar-refractivity contribution in [3.63, 3.8) is 0 Å². The van der Waals surface area contributed by atoms with Gasteiger partial charge in [0.25, 0.3) is 0 Å². The van der Waals surface area contributed by atoms with E-state index in [2.05, 4.69) is 32.6 Å². The molecular weight excluding hydrogens is 222 g/mol. The molecule has 0 unspecified atom stereocenters. The molecule has 1 rings (SSSR count). The predicted octanol–water partition coefficient (Wildman–Crippen LogP) is 4.04. The molecule has 0 radical (unpaired) electrons. The van der Waals surface area contributed by atoms with Crippen LogP contribution in [-0.4, -0.2) is 29.3 Å². The van der Waals surface area contributed by atoms with Gasteiger partial charge >= 0.3 is 0 Å². The van der Waals surface area contributed by atoms with Crippen molar-refractivity contribution in [2.75, 3.05) is 13.1 Å². The van der Waals surface area contributed by atoms with Crippen LogP contribution in [0, 0.1) is 5.92 Å². The molecule has 1 saturated heterocycles. The molecule has 18 heavy (non-hydrogen) atoms. The number of Topliss-reactive ketones (excluding diaryl/α,β-unsaturated/α-hetero) is 1. The average molecular weight is 253 g/mol. The molecule has 1 aliphatic rings. The van der Waals surface area contributed by atoms with Crippen LogP contribution in [-0.2, 0) is 4.79 Å². The second-order valence-corrected chi connectivity index (χ2v) is 6.80. The summed E-state index contributed by atoms with van der Waals surface area (Å²) in [6, 6.07) is 0. The van der Waals surface area contributed by atoms with Crippen LogP contribution in [0.4, 0.5) is 0 Å². The molecule has 2 nitrogen and oxygen atoms in total. The first-order valence-electron chi connectivity index (χ1n) is 7.70. The topological polar surface area (TPSA) is 20.3 Å². The van der Waals surface area contributed by atoms with E-state index in [9.17, 15) is 4.79 Å². The van der Waals surface area contributed by atoms with E-state index in [-0.39, 0.29) is 5.54 Å². The second-order valence-electron chi connectivity index (χ2n) is 6.80. The number of ketones is 1. The van der Waals surface area contributed by atoms with Gasteiger partial charge in [0.2, 0.25) is 0 Å². The van der Waals surface area contributed by atoms with E-state index in [4.69, 9.17) is 0 Å². The molecule has 1 aliphatic heterocycles. The minimum absolute atomic E-state index is 0.288. The Morgan fingerprint density at radius 3 is 2.28 bits per heavy atom. The van der Waals surface area contributed by atoms with Crippen molar-refractivity contribution in [2.24, 2.45) is 5.92 Å². The van der Waals surface area contributed by atoms with Crippen molar-refractivity contribution >= 4 is 5.78 Å². The lowest BCUT2D eigenvalue weighted by Crippen LogP contribution is -2.46. The highest BCUT2D eigenvalue weighted by molar-refractivity contribution is 5.78. The van der Waals surface area contributed by atoms with Crippen molar-refractivity contribution < 1.29 is 4.79 Å². The van der Waals surface area contributed by atoms with Gasteiger partial charge in [-0.25, -0.2) is 0 Å². The molecule has 0 aromatic heterocycles. The molecule has 1 fully saturated rings. The standard InChI is InChI=1S/C16H31NO/c1-5-6-7-8-15(18)13-14-9-11-17(12-10-14)16(2,3)4/h14H,5-13H2,1-4H3. The van der Waals surface area contributed by atoms with Gasteiger partial charge in [-0.3, -0.25) is 9.69 Å². The van der Waals surface area contributed by atoms with Crippen molar-refractivity contribution in [3.05, 3.63) is 0 Å². The zero-order chi connectivity index (χ0) is 13.6. The fraction of sp³-hybridized carbons (Fsp3) is 0.938. The van der Waals surface area contributed by atoms with Crippen LogP contribution in [0.5, 0.6) is 0 Å². The first-order valence-corrected chi connectivity index (χ1v) is 7.70. The van der Waals surface area contributed by atoms with Gasteiger partial charge in [0.05, 0.1) is 0 Å². The van der Waals surface area contributed by atoms with Crippen LogP contribution in [0.25, 0.3) is 0 Å². The van der Waals surface area contributed by atoms with Crippen LogP contribution < -0.4 is 0 Å². The monoisotopic (exact) mass is 253 g/mol. The van der Waals surface area contributed by atoms with Crippen molar-refractivity contribution in [1.29, 1.82) is 0 Å². The predicted molar refractivity (Wildman–Crippen MR) is 77.8 cm³/mol. The van der Waals surface area contributed by atoms with E-state index in [0.29, 0.717) is 11.7 Å². The summed E-state index contributed by atoms with van der Waals surface area (Å²) in [7, 11) is 0. The summed E-state index contributed by atoms with van der Waals surface area (Å²) >= 11 is 0. The van der Waals surface area contributed by atoms with Gasteiger partial charge < -0.3 is 0 Å².